The summed E-state index contributed by atoms with van der Waals surface area (Å²) >= 11 is 4.45. The number of hydrogen-bond acceptors (Lipinski definition) is 2. The summed E-state index contributed by atoms with van der Waals surface area (Å²) < 4.78 is 0. The molecule has 0 amide bonds. The molecule has 70 valence electrons. The average Bonchev–Trinajstić information content (AvgIpc) is 2.14. The van der Waals surface area contributed by atoms with E-state index in [9.17, 15) is 0 Å². The fourth-order valence-electron chi connectivity index (χ4n) is 2.15. The van der Waals surface area contributed by atoms with Crippen LogP contribution in [0.2, 0.25) is 0 Å². The molecule has 1 aromatic carbocycles. The Morgan fingerprint density at radius 1 is 1.31 bits per heavy atom. The van der Waals surface area contributed by atoms with Crippen LogP contribution in [0.25, 0.3) is 0 Å². The number of thiol groups is 1. The molecule has 13 heavy (non-hydrogen) atoms. The van der Waals surface area contributed by atoms with E-state index in [2.05, 4.69) is 36.9 Å². The molecule has 1 aliphatic rings. The van der Waals surface area contributed by atoms with Crippen LogP contribution in [0.4, 0.5) is 0 Å². The van der Waals surface area contributed by atoms with Crippen LogP contribution < -0.4 is 5.73 Å². The van der Waals surface area contributed by atoms with Crippen LogP contribution in [0.5, 0.6) is 0 Å². The molecule has 0 saturated heterocycles. The standard InChI is InChI=1S/C11H15NS/c12-8-11(6-10(13)7-11)9-4-2-1-3-5-9/h1-5,10,13H,6-8,12H2. The first-order valence-electron chi connectivity index (χ1n) is 4.70. The molecule has 0 heterocycles. The molecule has 2 heteroatoms. The van der Waals surface area contributed by atoms with Gasteiger partial charge in [-0.15, -0.1) is 0 Å². The van der Waals surface area contributed by atoms with Crippen LogP contribution in [0.1, 0.15) is 18.4 Å². The van der Waals surface area contributed by atoms with Crippen LogP contribution in [0.3, 0.4) is 0 Å². The van der Waals surface area contributed by atoms with Crippen LogP contribution >= 0.6 is 12.6 Å². The molecular formula is C11H15NS. The second-order valence-corrected chi connectivity index (χ2v) is 4.64. The van der Waals surface area contributed by atoms with Crippen molar-refractivity contribution in [2.75, 3.05) is 6.54 Å². The minimum absolute atomic E-state index is 0.230. The third kappa shape index (κ3) is 1.49. The zero-order valence-corrected chi connectivity index (χ0v) is 8.50. The van der Waals surface area contributed by atoms with Crippen molar-refractivity contribution < 1.29 is 0 Å². The van der Waals surface area contributed by atoms with Crippen molar-refractivity contribution in [3.05, 3.63) is 35.9 Å². The van der Waals surface area contributed by atoms with Crippen LogP contribution in [-0.2, 0) is 5.41 Å². The minimum Gasteiger partial charge on any atom is -0.330 e. The highest BCUT2D eigenvalue weighted by atomic mass is 32.1. The summed E-state index contributed by atoms with van der Waals surface area (Å²) in [6, 6.07) is 10.6. The monoisotopic (exact) mass is 193 g/mol. The number of benzene rings is 1. The molecule has 0 aromatic heterocycles. The highest BCUT2D eigenvalue weighted by Crippen LogP contribution is 2.45. The SMILES string of the molecule is NCC1(c2ccccc2)CC(S)C1. The Morgan fingerprint density at radius 2 is 1.92 bits per heavy atom. The van der Waals surface area contributed by atoms with Crippen molar-refractivity contribution >= 4 is 12.6 Å². The first-order chi connectivity index (χ1) is 6.27. The Balaban J connectivity index is 2.24. The van der Waals surface area contributed by atoms with E-state index in [-0.39, 0.29) is 5.41 Å². The van der Waals surface area contributed by atoms with E-state index < -0.39 is 0 Å². The maximum absolute atomic E-state index is 5.83. The molecule has 1 fully saturated rings. The van der Waals surface area contributed by atoms with Crippen molar-refractivity contribution in [1.29, 1.82) is 0 Å². The third-order valence-electron chi connectivity index (χ3n) is 3.03. The van der Waals surface area contributed by atoms with Crippen LogP contribution in [0.15, 0.2) is 30.3 Å². The van der Waals surface area contributed by atoms with E-state index in [4.69, 9.17) is 5.73 Å². The fraction of sp³-hybridized carbons (Fsp3) is 0.455. The Hall–Kier alpha value is -0.470. The molecule has 0 bridgehead atoms. The lowest BCUT2D eigenvalue weighted by atomic mass is 9.64. The molecule has 0 aliphatic heterocycles. The zero-order chi connectivity index (χ0) is 9.31. The molecular weight excluding hydrogens is 178 g/mol. The lowest BCUT2D eigenvalue weighted by Crippen LogP contribution is -2.47. The van der Waals surface area contributed by atoms with E-state index in [1.807, 2.05) is 6.07 Å². The van der Waals surface area contributed by atoms with Crippen molar-refractivity contribution in [2.24, 2.45) is 5.73 Å². The van der Waals surface area contributed by atoms with Crippen molar-refractivity contribution in [3.63, 3.8) is 0 Å². The molecule has 0 radical (unpaired) electrons. The molecule has 0 atom stereocenters. The molecule has 1 aromatic rings. The number of rotatable bonds is 2. The Morgan fingerprint density at radius 3 is 2.38 bits per heavy atom. The van der Waals surface area contributed by atoms with Crippen molar-refractivity contribution in [2.45, 2.75) is 23.5 Å². The third-order valence-corrected chi connectivity index (χ3v) is 3.39. The quantitative estimate of drug-likeness (QED) is 0.690. The highest BCUT2D eigenvalue weighted by Gasteiger charge is 2.42. The summed E-state index contributed by atoms with van der Waals surface area (Å²) in [7, 11) is 0. The van der Waals surface area contributed by atoms with Gasteiger partial charge < -0.3 is 5.73 Å². The molecule has 0 spiro atoms. The second-order valence-electron chi connectivity index (χ2n) is 3.91. The highest BCUT2D eigenvalue weighted by molar-refractivity contribution is 7.81. The predicted molar refractivity (Wildman–Crippen MR) is 59.2 cm³/mol. The summed E-state index contributed by atoms with van der Waals surface area (Å²) in [5.74, 6) is 0. The zero-order valence-electron chi connectivity index (χ0n) is 7.61. The van der Waals surface area contributed by atoms with Gasteiger partial charge in [0.15, 0.2) is 0 Å². The predicted octanol–water partition coefficient (Wildman–Crippen LogP) is 1.98. The maximum Gasteiger partial charge on any atom is 0.00963 e. The number of nitrogens with two attached hydrogens (primary N) is 1. The van der Waals surface area contributed by atoms with Gasteiger partial charge in [-0.3, -0.25) is 0 Å². The minimum atomic E-state index is 0.230. The Kier molecular flexibility index (Phi) is 2.35. The summed E-state index contributed by atoms with van der Waals surface area (Å²) in [6.07, 6.45) is 2.24. The molecule has 1 saturated carbocycles. The summed E-state index contributed by atoms with van der Waals surface area (Å²) in [4.78, 5) is 0. The van der Waals surface area contributed by atoms with E-state index in [0.29, 0.717) is 5.25 Å². The lowest BCUT2D eigenvalue weighted by Gasteiger charge is -2.45. The van der Waals surface area contributed by atoms with Gasteiger partial charge in [0.25, 0.3) is 0 Å². The molecule has 2 rings (SSSR count). The van der Waals surface area contributed by atoms with Crippen LogP contribution in [-0.4, -0.2) is 11.8 Å². The van der Waals surface area contributed by atoms with Gasteiger partial charge in [0.2, 0.25) is 0 Å². The van der Waals surface area contributed by atoms with Gasteiger partial charge in [0, 0.05) is 17.2 Å². The normalized spacial score (nSPS) is 32.6. The molecule has 1 aliphatic carbocycles. The van der Waals surface area contributed by atoms with Crippen molar-refractivity contribution in [1.82, 2.24) is 0 Å². The largest absolute Gasteiger partial charge is 0.330 e. The van der Waals surface area contributed by atoms with E-state index >= 15 is 0 Å². The second kappa shape index (κ2) is 3.35. The first kappa shape index (κ1) is 9.10. The molecule has 0 unspecified atom stereocenters. The topological polar surface area (TPSA) is 26.0 Å². The van der Waals surface area contributed by atoms with Gasteiger partial charge >= 0.3 is 0 Å². The van der Waals surface area contributed by atoms with Crippen molar-refractivity contribution in [3.8, 4) is 0 Å². The van der Waals surface area contributed by atoms with Gasteiger partial charge in [-0.2, -0.15) is 12.6 Å². The van der Waals surface area contributed by atoms with Gasteiger partial charge in [-0.25, -0.2) is 0 Å². The summed E-state index contributed by atoms with van der Waals surface area (Å²) in [5, 5.41) is 0.545. The summed E-state index contributed by atoms with van der Waals surface area (Å²) in [5.41, 5.74) is 7.44. The molecule has 1 nitrogen and oxygen atoms in total. The van der Waals surface area contributed by atoms with Crippen LogP contribution in [0, 0.1) is 0 Å². The Bertz CT molecular complexity index is 277. The van der Waals surface area contributed by atoms with E-state index in [1.54, 1.807) is 0 Å². The smallest absolute Gasteiger partial charge is 0.00963 e. The lowest BCUT2D eigenvalue weighted by molar-refractivity contribution is 0.266. The number of hydrogen-bond donors (Lipinski definition) is 2. The van der Waals surface area contributed by atoms with Gasteiger partial charge in [-0.05, 0) is 18.4 Å². The van der Waals surface area contributed by atoms with Gasteiger partial charge in [-0.1, -0.05) is 30.3 Å². The maximum atomic E-state index is 5.83. The Labute approximate surface area is 84.7 Å². The fourth-order valence-corrected chi connectivity index (χ4v) is 2.85. The van der Waals surface area contributed by atoms with E-state index in [0.717, 1.165) is 19.4 Å². The van der Waals surface area contributed by atoms with E-state index in [1.165, 1.54) is 5.56 Å². The van der Waals surface area contributed by atoms with Gasteiger partial charge in [0.05, 0.1) is 0 Å². The van der Waals surface area contributed by atoms with Gasteiger partial charge in [0.1, 0.15) is 0 Å². The summed E-state index contributed by atoms with van der Waals surface area (Å²) in [6.45, 7) is 0.744. The average molecular weight is 193 g/mol. The molecule has 2 N–H and O–H groups in total. The first-order valence-corrected chi connectivity index (χ1v) is 5.22.